The number of halogens is 2. The van der Waals surface area contributed by atoms with Gasteiger partial charge in [0, 0.05) is 37.0 Å². The molecule has 0 amide bonds. The topological polar surface area (TPSA) is 64.3 Å². The standard InChI is InChI=1S/C16H17F2N3O2S.C2H6/c1-4-11(9-19-2)16-20-14(15(17)18)10-21(16)12-5-7-13(8-6-12)24(3,22)23;1-2/h4-10,15H,1-3H3;1-2H3/b11-4+,19-9?;. The van der Waals surface area contributed by atoms with Crippen LogP contribution < -0.4 is 0 Å². The monoisotopic (exact) mass is 383 g/mol. The first-order valence-electron chi connectivity index (χ1n) is 8.04. The minimum Gasteiger partial charge on any atom is -0.299 e. The van der Waals surface area contributed by atoms with E-state index in [2.05, 4.69) is 9.98 Å². The summed E-state index contributed by atoms with van der Waals surface area (Å²) < 4.78 is 50.6. The molecule has 5 nitrogen and oxygen atoms in total. The van der Waals surface area contributed by atoms with Gasteiger partial charge in [0.1, 0.15) is 11.5 Å². The highest BCUT2D eigenvalue weighted by Crippen LogP contribution is 2.25. The second-order valence-electron chi connectivity index (χ2n) is 5.06. The van der Waals surface area contributed by atoms with Crippen LogP contribution in [-0.4, -0.2) is 37.5 Å². The van der Waals surface area contributed by atoms with Crippen molar-refractivity contribution in [1.82, 2.24) is 9.55 Å². The van der Waals surface area contributed by atoms with Gasteiger partial charge in [-0.05, 0) is 31.2 Å². The first-order valence-corrected chi connectivity index (χ1v) is 9.94. The summed E-state index contributed by atoms with van der Waals surface area (Å²) in [6.07, 6.45) is 2.87. The first kappa shape index (κ1) is 21.7. The van der Waals surface area contributed by atoms with Gasteiger partial charge in [0.2, 0.25) is 0 Å². The molecule has 0 bridgehead atoms. The van der Waals surface area contributed by atoms with Gasteiger partial charge < -0.3 is 0 Å². The number of benzene rings is 1. The van der Waals surface area contributed by atoms with E-state index in [-0.39, 0.29) is 10.6 Å². The molecule has 8 heteroatoms. The summed E-state index contributed by atoms with van der Waals surface area (Å²) >= 11 is 0. The molecule has 0 spiro atoms. The van der Waals surface area contributed by atoms with Crippen molar-refractivity contribution in [1.29, 1.82) is 0 Å². The van der Waals surface area contributed by atoms with E-state index in [9.17, 15) is 17.2 Å². The van der Waals surface area contributed by atoms with Crippen molar-refractivity contribution in [3.8, 4) is 5.69 Å². The second-order valence-corrected chi connectivity index (χ2v) is 7.07. The number of aromatic nitrogens is 2. The number of imidazole rings is 1. The molecule has 1 aromatic carbocycles. The Labute approximate surface area is 153 Å². The molecule has 0 radical (unpaired) electrons. The summed E-state index contributed by atoms with van der Waals surface area (Å²) in [6, 6.07) is 5.96. The van der Waals surface area contributed by atoms with Crippen molar-refractivity contribution in [2.75, 3.05) is 13.3 Å². The zero-order valence-electron chi connectivity index (χ0n) is 15.4. The van der Waals surface area contributed by atoms with Crippen LogP contribution in [0.15, 0.2) is 46.4 Å². The van der Waals surface area contributed by atoms with E-state index < -0.39 is 16.3 Å². The SMILES string of the molecule is C/C=C(\C=NC)c1nc(C(F)F)cn1-c1ccc(S(C)(=O)=O)cc1.CC. The molecular formula is C18H23F2N3O2S. The van der Waals surface area contributed by atoms with Crippen molar-refractivity contribution in [3.63, 3.8) is 0 Å². The van der Waals surface area contributed by atoms with Crippen molar-refractivity contribution >= 4 is 21.6 Å². The Balaban J connectivity index is 0.00000163. The molecule has 0 atom stereocenters. The average Bonchev–Trinajstić information content (AvgIpc) is 3.06. The summed E-state index contributed by atoms with van der Waals surface area (Å²) in [4.78, 5) is 8.04. The lowest BCUT2D eigenvalue weighted by Crippen LogP contribution is -2.02. The van der Waals surface area contributed by atoms with E-state index in [1.165, 1.54) is 29.1 Å². The Kier molecular flexibility index (Phi) is 7.82. The molecule has 1 heterocycles. The van der Waals surface area contributed by atoms with Crippen molar-refractivity contribution < 1.29 is 17.2 Å². The van der Waals surface area contributed by atoms with E-state index in [1.54, 1.807) is 32.2 Å². The molecular weight excluding hydrogens is 360 g/mol. The van der Waals surface area contributed by atoms with Crippen molar-refractivity contribution in [2.24, 2.45) is 4.99 Å². The third-order valence-corrected chi connectivity index (χ3v) is 4.46. The van der Waals surface area contributed by atoms with E-state index in [0.29, 0.717) is 17.1 Å². The molecule has 2 rings (SSSR count). The Hall–Kier alpha value is -2.35. The minimum atomic E-state index is -3.33. The second kappa shape index (κ2) is 9.38. The van der Waals surface area contributed by atoms with Crippen LogP contribution in [0.4, 0.5) is 8.78 Å². The molecule has 2 aromatic rings. The molecule has 142 valence electrons. The largest absolute Gasteiger partial charge is 0.299 e. The molecule has 0 fully saturated rings. The van der Waals surface area contributed by atoms with E-state index in [4.69, 9.17) is 0 Å². The Morgan fingerprint density at radius 3 is 2.23 bits per heavy atom. The first-order chi connectivity index (χ1) is 12.3. The van der Waals surface area contributed by atoms with E-state index >= 15 is 0 Å². The van der Waals surface area contributed by atoms with Gasteiger partial charge in [0.25, 0.3) is 6.43 Å². The predicted molar refractivity (Wildman–Crippen MR) is 101 cm³/mol. The fourth-order valence-electron chi connectivity index (χ4n) is 2.16. The number of hydrogen-bond donors (Lipinski definition) is 0. The zero-order valence-corrected chi connectivity index (χ0v) is 16.3. The van der Waals surface area contributed by atoms with E-state index in [1.807, 2.05) is 13.8 Å². The maximum atomic E-state index is 13.0. The van der Waals surface area contributed by atoms with Gasteiger partial charge in [-0.3, -0.25) is 9.56 Å². The molecule has 0 saturated carbocycles. The molecule has 26 heavy (non-hydrogen) atoms. The number of hydrogen-bond acceptors (Lipinski definition) is 4. The quantitative estimate of drug-likeness (QED) is 0.721. The Morgan fingerprint density at radius 1 is 1.23 bits per heavy atom. The molecule has 0 unspecified atom stereocenters. The maximum absolute atomic E-state index is 13.0. The lowest BCUT2D eigenvalue weighted by atomic mass is 10.2. The van der Waals surface area contributed by atoms with E-state index in [0.717, 1.165) is 6.26 Å². The van der Waals surface area contributed by atoms with Crippen LogP contribution in [0, 0.1) is 0 Å². The van der Waals surface area contributed by atoms with Gasteiger partial charge in [-0.1, -0.05) is 19.9 Å². The fourth-order valence-corrected chi connectivity index (χ4v) is 2.79. The third kappa shape index (κ3) is 5.08. The number of alkyl halides is 2. The van der Waals surface area contributed by atoms with Crippen LogP contribution in [0.1, 0.15) is 38.7 Å². The Bertz CT molecular complexity index is 884. The van der Waals surface area contributed by atoms with Crippen LogP contribution in [0.3, 0.4) is 0 Å². The summed E-state index contributed by atoms with van der Waals surface area (Å²) in [7, 11) is -1.75. The van der Waals surface area contributed by atoms with Crippen LogP contribution in [0.2, 0.25) is 0 Å². The number of sulfone groups is 1. The molecule has 0 aliphatic rings. The van der Waals surface area contributed by atoms with Crippen LogP contribution in [0.5, 0.6) is 0 Å². The highest BCUT2D eigenvalue weighted by molar-refractivity contribution is 7.90. The van der Waals surface area contributed by atoms with Crippen LogP contribution in [0.25, 0.3) is 11.3 Å². The third-order valence-electron chi connectivity index (χ3n) is 3.33. The maximum Gasteiger partial charge on any atom is 0.281 e. The highest BCUT2D eigenvalue weighted by Gasteiger charge is 2.18. The number of nitrogens with zero attached hydrogens (tertiary/aromatic N) is 3. The van der Waals surface area contributed by atoms with Gasteiger partial charge in [0.15, 0.2) is 9.84 Å². The number of allylic oxidation sites excluding steroid dienone is 2. The average molecular weight is 383 g/mol. The smallest absolute Gasteiger partial charge is 0.281 e. The zero-order chi connectivity index (χ0) is 19.9. The predicted octanol–water partition coefficient (Wildman–Crippen LogP) is 4.34. The summed E-state index contributed by atoms with van der Waals surface area (Å²) in [5, 5.41) is 0. The van der Waals surface area contributed by atoms with Crippen molar-refractivity contribution in [2.45, 2.75) is 32.1 Å². The molecule has 0 aliphatic heterocycles. The lowest BCUT2D eigenvalue weighted by Gasteiger charge is -2.08. The van der Waals surface area contributed by atoms with Gasteiger partial charge >= 0.3 is 0 Å². The summed E-state index contributed by atoms with van der Waals surface area (Å²) in [6.45, 7) is 5.75. The summed E-state index contributed by atoms with van der Waals surface area (Å²) in [5.41, 5.74) is 0.748. The molecule has 0 N–H and O–H groups in total. The summed E-state index contributed by atoms with van der Waals surface area (Å²) in [5.74, 6) is 0.311. The number of aliphatic imine (C=N–C) groups is 1. The van der Waals surface area contributed by atoms with Gasteiger partial charge in [0.05, 0.1) is 4.90 Å². The highest BCUT2D eigenvalue weighted by atomic mass is 32.2. The molecule has 0 aliphatic carbocycles. The molecule has 1 aromatic heterocycles. The molecule has 0 saturated heterocycles. The van der Waals surface area contributed by atoms with Crippen LogP contribution in [-0.2, 0) is 9.84 Å². The minimum absolute atomic E-state index is 0.156. The van der Waals surface area contributed by atoms with Gasteiger partial charge in [-0.25, -0.2) is 22.2 Å². The normalized spacial score (nSPS) is 12.4. The van der Waals surface area contributed by atoms with Crippen LogP contribution >= 0.6 is 0 Å². The lowest BCUT2D eigenvalue weighted by molar-refractivity contribution is 0.146. The van der Waals surface area contributed by atoms with Gasteiger partial charge in [-0.2, -0.15) is 0 Å². The fraction of sp³-hybridized carbons (Fsp3) is 0.333. The van der Waals surface area contributed by atoms with Gasteiger partial charge in [-0.15, -0.1) is 0 Å². The Morgan fingerprint density at radius 2 is 1.81 bits per heavy atom. The number of rotatable bonds is 5. The van der Waals surface area contributed by atoms with Crippen molar-refractivity contribution in [3.05, 3.63) is 48.1 Å².